The zero-order chi connectivity index (χ0) is 13.2. The Balaban J connectivity index is 1.93. The maximum atomic E-state index is 3.66. The second-order valence-electron chi connectivity index (χ2n) is 5.85. The van der Waals surface area contributed by atoms with Gasteiger partial charge in [0.25, 0.3) is 0 Å². The Morgan fingerprint density at radius 2 is 1.78 bits per heavy atom. The molecule has 1 heterocycles. The van der Waals surface area contributed by atoms with Gasteiger partial charge in [0.1, 0.15) is 0 Å². The molecule has 1 atom stereocenters. The minimum Gasteiger partial charge on any atom is -0.313 e. The molecule has 0 aromatic carbocycles. The summed E-state index contributed by atoms with van der Waals surface area (Å²) in [6.07, 6.45) is 6.86. The van der Waals surface area contributed by atoms with E-state index in [1.165, 1.54) is 64.8 Å². The molecule has 108 valence electrons. The summed E-state index contributed by atoms with van der Waals surface area (Å²) < 4.78 is 0. The maximum absolute atomic E-state index is 3.66. The number of piperazine rings is 1. The fourth-order valence-corrected chi connectivity index (χ4v) is 2.52. The second-order valence-corrected chi connectivity index (χ2v) is 5.85. The fraction of sp³-hybridized carbons (Fsp3) is 1.00. The molecule has 1 aliphatic rings. The predicted molar refractivity (Wildman–Crippen MR) is 80.2 cm³/mol. The van der Waals surface area contributed by atoms with Crippen LogP contribution in [0.3, 0.4) is 0 Å². The van der Waals surface area contributed by atoms with Crippen molar-refractivity contribution >= 4 is 0 Å². The first-order valence-corrected chi connectivity index (χ1v) is 7.86. The van der Waals surface area contributed by atoms with E-state index in [1.54, 1.807) is 0 Å². The van der Waals surface area contributed by atoms with Crippen LogP contribution in [0.2, 0.25) is 0 Å². The first kappa shape index (κ1) is 15.9. The lowest BCUT2D eigenvalue weighted by Gasteiger charge is -2.32. The van der Waals surface area contributed by atoms with Crippen LogP contribution in [0.25, 0.3) is 0 Å². The molecule has 0 aromatic rings. The number of hydrogen-bond donors (Lipinski definition) is 1. The molecule has 0 aliphatic carbocycles. The van der Waals surface area contributed by atoms with Crippen LogP contribution in [0.1, 0.15) is 46.0 Å². The van der Waals surface area contributed by atoms with Crippen molar-refractivity contribution in [1.82, 2.24) is 15.1 Å². The van der Waals surface area contributed by atoms with Crippen LogP contribution in [0.4, 0.5) is 0 Å². The van der Waals surface area contributed by atoms with Gasteiger partial charge in [-0.05, 0) is 20.4 Å². The third-order valence-electron chi connectivity index (χ3n) is 4.01. The highest BCUT2D eigenvalue weighted by Crippen LogP contribution is 2.05. The number of nitrogens with zero attached hydrogens (tertiary/aromatic N) is 2. The summed E-state index contributed by atoms with van der Waals surface area (Å²) in [6, 6.07) is 0.689. The Hall–Kier alpha value is -0.120. The summed E-state index contributed by atoms with van der Waals surface area (Å²) in [7, 11) is 2.22. The zero-order valence-electron chi connectivity index (χ0n) is 12.7. The molecule has 18 heavy (non-hydrogen) atoms. The van der Waals surface area contributed by atoms with Crippen molar-refractivity contribution in [3.8, 4) is 0 Å². The Labute approximate surface area is 114 Å². The summed E-state index contributed by atoms with van der Waals surface area (Å²) in [5.74, 6) is 0. The highest BCUT2D eigenvalue weighted by atomic mass is 15.2. The van der Waals surface area contributed by atoms with Crippen LogP contribution in [0, 0.1) is 0 Å². The first-order valence-electron chi connectivity index (χ1n) is 7.86. The number of rotatable bonds is 9. The summed E-state index contributed by atoms with van der Waals surface area (Å²) in [4.78, 5) is 5.00. The van der Waals surface area contributed by atoms with Gasteiger partial charge in [-0.25, -0.2) is 0 Å². The number of nitrogens with one attached hydrogen (secondary N) is 1. The molecule has 0 spiro atoms. The molecule has 1 aliphatic heterocycles. The lowest BCUT2D eigenvalue weighted by Crippen LogP contribution is -2.47. The predicted octanol–water partition coefficient (Wildman–Crippen LogP) is 2.18. The monoisotopic (exact) mass is 255 g/mol. The van der Waals surface area contributed by atoms with Crippen molar-refractivity contribution in [3.05, 3.63) is 0 Å². The van der Waals surface area contributed by atoms with Gasteiger partial charge in [-0.1, -0.05) is 32.6 Å². The number of unbranched alkanes of at least 4 members (excludes halogenated alkanes) is 3. The van der Waals surface area contributed by atoms with Crippen LogP contribution >= 0.6 is 0 Å². The van der Waals surface area contributed by atoms with Crippen molar-refractivity contribution in [2.45, 2.75) is 52.0 Å². The Bertz CT molecular complexity index is 188. The number of hydrogen-bond acceptors (Lipinski definition) is 3. The van der Waals surface area contributed by atoms with Gasteiger partial charge in [0.15, 0.2) is 0 Å². The van der Waals surface area contributed by atoms with Gasteiger partial charge in [0, 0.05) is 45.3 Å². The summed E-state index contributed by atoms with van der Waals surface area (Å²) in [5.41, 5.74) is 0. The van der Waals surface area contributed by atoms with Crippen molar-refractivity contribution in [2.24, 2.45) is 0 Å². The molecule has 1 saturated heterocycles. The topological polar surface area (TPSA) is 18.5 Å². The molecule has 1 fully saturated rings. The van der Waals surface area contributed by atoms with E-state index >= 15 is 0 Å². The van der Waals surface area contributed by atoms with Crippen LogP contribution in [-0.2, 0) is 0 Å². The van der Waals surface area contributed by atoms with Crippen molar-refractivity contribution < 1.29 is 0 Å². The van der Waals surface area contributed by atoms with E-state index < -0.39 is 0 Å². The third-order valence-corrected chi connectivity index (χ3v) is 4.01. The largest absolute Gasteiger partial charge is 0.313 e. The quantitative estimate of drug-likeness (QED) is 0.637. The number of likely N-dealkylation sites (N-methyl/N-ethyl adjacent to an activating group) is 1. The van der Waals surface area contributed by atoms with Crippen molar-refractivity contribution in [2.75, 3.05) is 46.3 Å². The minimum absolute atomic E-state index is 0.689. The second kappa shape index (κ2) is 9.76. The van der Waals surface area contributed by atoms with E-state index in [0.717, 1.165) is 6.54 Å². The van der Waals surface area contributed by atoms with E-state index in [4.69, 9.17) is 0 Å². The zero-order valence-corrected chi connectivity index (χ0v) is 12.7. The lowest BCUT2D eigenvalue weighted by molar-refractivity contribution is 0.153. The molecule has 3 nitrogen and oxygen atoms in total. The first-order chi connectivity index (χ1) is 8.72. The van der Waals surface area contributed by atoms with Gasteiger partial charge >= 0.3 is 0 Å². The molecule has 0 amide bonds. The van der Waals surface area contributed by atoms with Crippen LogP contribution in [0.15, 0.2) is 0 Å². The van der Waals surface area contributed by atoms with Gasteiger partial charge < -0.3 is 10.2 Å². The van der Waals surface area contributed by atoms with E-state index in [0.29, 0.717) is 6.04 Å². The highest BCUT2D eigenvalue weighted by Gasteiger charge is 2.13. The van der Waals surface area contributed by atoms with Crippen molar-refractivity contribution in [3.63, 3.8) is 0 Å². The van der Waals surface area contributed by atoms with Gasteiger partial charge in [0.05, 0.1) is 0 Å². The minimum atomic E-state index is 0.689. The molecule has 0 radical (unpaired) electrons. The maximum Gasteiger partial charge on any atom is 0.0110 e. The molecule has 0 aromatic heterocycles. The van der Waals surface area contributed by atoms with Crippen LogP contribution in [-0.4, -0.2) is 62.2 Å². The average molecular weight is 255 g/mol. The van der Waals surface area contributed by atoms with E-state index in [1.807, 2.05) is 0 Å². The molecule has 3 heteroatoms. The van der Waals surface area contributed by atoms with E-state index in [2.05, 4.69) is 36.0 Å². The SMILES string of the molecule is CCCCCCC(C)NCCN1CCN(C)CC1. The normalized spacial score (nSPS) is 20.2. The summed E-state index contributed by atoms with van der Waals surface area (Å²) >= 11 is 0. The van der Waals surface area contributed by atoms with Crippen LogP contribution < -0.4 is 5.32 Å². The molecule has 0 bridgehead atoms. The highest BCUT2D eigenvalue weighted by molar-refractivity contribution is 4.70. The van der Waals surface area contributed by atoms with Crippen LogP contribution in [0.5, 0.6) is 0 Å². The molecule has 1 rings (SSSR count). The molecule has 1 N–H and O–H groups in total. The molecular formula is C15H33N3. The summed E-state index contributed by atoms with van der Waals surface area (Å²) in [6.45, 7) is 11.9. The molecule has 1 unspecified atom stereocenters. The van der Waals surface area contributed by atoms with E-state index in [9.17, 15) is 0 Å². The smallest absolute Gasteiger partial charge is 0.0110 e. The Morgan fingerprint density at radius 1 is 1.06 bits per heavy atom. The van der Waals surface area contributed by atoms with Crippen molar-refractivity contribution in [1.29, 1.82) is 0 Å². The van der Waals surface area contributed by atoms with Gasteiger partial charge in [-0.15, -0.1) is 0 Å². The average Bonchev–Trinajstić information content (AvgIpc) is 2.37. The standard InChI is InChI=1S/C15H33N3/c1-4-5-6-7-8-15(2)16-9-10-18-13-11-17(3)12-14-18/h15-16H,4-14H2,1-3H3. The summed E-state index contributed by atoms with van der Waals surface area (Å²) in [5, 5.41) is 3.66. The Morgan fingerprint density at radius 3 is 2.44 bits per heavy atom. The lowest BCUT2D eigenvalue weighted by atomic mass is 10.1. The molecule has 0 saturated carbocycles. The fourth-order valence-electron chi connectivity index (χ4n) is 2.52. The van der Waals surface area contributed by atoms with Gasteiger partial charge in [0.2, 0.25) is 0 Å². The third kappa shape index (κ3) is 7.34. The molecular weight excluding hydrogens is 222 g/mol. The van der Waals surface area contributed by atoms with Gasteiger partial charge in [-0.2, -0.15) is 0 Å². The Kier molecular flexibility index (Phi) is 8.64. The van der Waals surface area contributed by atoms with E-state index in [-0.39, 0.29) is 0 Å². The van der Waals surface area contributed by atoms with Gasteiger partial charge in [-0.3, -0.25) is 4.90 Å².